The summed E-state index contributed by atoms with van der Waals surface area (Å²) in [6.45, 7) is 11.7. The second kappa shape index (κ2) is 7.50. The van der Waals surface area contributed by atoms with Crippen LogP contribution >= 0.6 is 7.92 Å². The van der Waals surface area contributed by atoms with Crippen LogP contribution in [-0.4, -0.2) is 18.0 Å². The van der Waals surface area contributed by atoms with Crippen LogP contribution < -0.4 is 14.9 Å². The van der Waals surface area contributed by atoms with Gasteiger partial charge in [-0.15, -0.1) is 0 Å². The van der Waals surface area contributed by atoms with Crippen LogP contribution in [0.2, 0.25) is 0 Å². The molecule has 0 aliphatic carbocycles. The highest BCUT2D eigenvalue weighted by atomic mass is 31.1. The van der Waals surface area contributed by atoms with Gasteiger partial charge in [-0.2, -0.15) is 0 Å². The first kappa shape index (κ1) is 20.0. The maximum absolute atomic E-state index is 5.79. The van der Waals surface area contributed by atoms with E-state index in [1.807, 2.05) is 0 Å². The van der Waals surface area contributed by atoms with Gasteiger partial charge in [0.2, 0.25) is 0 Å². The molecule has 0 N–H and O–H groups in total. The minimum atomic E-state index is -0.430. The lowest BCUT2D eigenvalue weighted by Crippen LogP contribution is -2.27. The molecule has 150 valence electrons. The number of benzene rings is 3. The van der Waals surface area contributed by atoms with Gasteiger partial charge in [-0.3, -0.25) is 0 Å². The minimum Gasteiger partial charge on any atom is -0.496 e. The number of hydrogen-bond donors (Lipinski definition) is 0. The molecule has 3 aromatic carbocycles. The molecular formula is C26H30NOP. The highest BCUT2D eigenvalue weighted by molar-refractivity contribution is 7.69. The van der Waals surface area contributed by atoms with Gasteiger partial charge in [-0.1, -0.05) is 63.2 Å². The van der Waals surface area contributed by atoms with Gasteiger partial charge in [0.25, 0.3) is 0 Å². The van der Waals surface area contributed by atoms with E-state index in [4.69, 9.17) is 4.74 Å². The van der Waals surface area contributed by atoms with Gasteiger partial charge in [0.05, 0.1) is 18.6 Å². The van der Waals surface area contributed by atoms with Crippen LogP contribution in [0.1, 0.15) is 33.3 Å². The summed E-state index contributed by atoms with van der Waals surface area (Å²) in [6.07, 6.45) is 0. The zero-order valence-corrected chi connectivity index (χ0v) is 19.1. The number of fused-ring (bicyclic) bond motifs is 1. The topological polar surface area (TPSA) is 12.5 Å². The highest BCUT2D eigenvalue weighted by Gasteiger charge is 2.44. The summed E-state index contributed by atoms with van der Waals surface area (Å²) < 4.78 is 5.79. The van der Waals surface area contributed by atoms with Crippen molar-refractivity contribution in [2.24, 2.45) is 0 Å². The third-order valence-corrected chi connectivity index (χ3v) is 9.12. The third-order valence-electron chi connectivity index (χ3n) is 5.74. The van der Waals surface area contributed by atoms with Crippen molar-refractivity contribution < 1.29 is 4.74 Å². The summed E-state index contributed by atoms with van der Waals surface area (Å²) in [5.74, 6) is 1.38. The van der Waals surface area contributed by atoms with Crippen LogP contribution in [0.4, 0.5) is 11.4 Å². The van der Waals surface area contributed by atoms with Gasteiger partial charge in [0.1, 0.15) is 5.75 Å². The number of rotatable bonds is 3. The lowest BCUT2D eigenvalue weighted by molar-refractivity contribution is 0.416. The van der Waals surface area contributed by atoms with Crippen LogP contribution in [0.5, 0.6) is 5.75 Å². The van der Waals surface area contributed by atoms with Gasteiger partial charge >= 0.3 is 0 Å². The standard InChI is InChI=1S/C26H30NOP/c1-18-12-10-17-23(28-6)24(18)21-15-11-16-22-25(21)29(26(3,4)5)19(2)27(22)20-13-8-7-9-14-20/h7-17,19H,1-6H3. The molecule has 1 aliphatic heterocycles. The second-order valence-corrected chi connectivity index (χ2v) is 12.0. The van der Waals surface area contributed by atoms with Crippen molar-refractivity contribution in [1.29, 1.82) is 0 Å². The normalized spacial score (nSPS) is 18.6. The summed E-state index contributed by atoms with van der Waals surface area (Å²) in [4.78, 5) is 2.54. The van der Waals surface area contributed by atoms with Crippen LogP contribution in [0.15, 0.2) is 66.7 Å². The molecule has 0 radical (unpaired) electrons. The van der Waals surface area contributed by atoms with Gasteiger partial charge in [-0.25, -0.2) is 0 Å². The average molecular weight is 404 g/mol. The fourth-order valence-electron chi connectivity index (χ4n) is 4.68. The molecule has 0 saturated heterocycles. The molecule has 0 amide bonds. The molecule has 3 aromatic rings. The molecule has 4 rings (SSSR count). The Bertz CT molecular complexity index is 1020. The van der Waals surface area contributed by atoms with Crippen LogP contribution in [0.3, 0.4) is 0 Å². The number of nitrogens with zero attached hydrogens (tertiary/aromatic N) is 1. The molecule has 2 unspecified atom stereocenters. The van der Waals surface area contributed by atoms with E-state index in [-0.39, 0.29) is 5.16 Å². The fourth-order valence-corrected chi connectivity index (χ4v) is 8.21. The first-order chi connectivity index (χ1) is 13.8. The Morgan fingerprint density at radius 3 is 2.24 bits per heavy atom. The van der Waals surface area contributed by atoms with Crippen molar-refractivity contribution in [2.75, 3.05) is 12.0 Å². The molecule has 0 aromatic heterocycles. The molecule has 1 aliphatic rings. The molecular weight excluding hydrogens is 373 g/mol. The Balaban J connectivity index is 2.02. The van der Waals surface area contributed by atoms with Crippen molar-refractivity contribution in [1.82, 2.24) is 0 Å². The van der Waals surface area contributed by atoms with E-state index in [0.717, 1.165) is 5.75 Å². The molecule has 0 fully saturated rings. The summed E-state index contributed by atoms with van der Waals surface area (Å²) in [6, 6.07) is 23.9. The number of methoxy groups -OCH3 is 1. The van der Waals surface area contributed by atoms with Crippen LogP contribution in [-0.2, 0) is 0 Å². The third kappa shape index (κ3) is 3.34. The summed E-state index contributed by atoms with van der Waals surface area (Å²) >= 11 is 0. The maximum atomic E-state index is 5.79. The Hall–Kier alpha value is -2.31. The van der Waals surface area contributed by atoms with E-state index in [9.17, 15) is 0 Å². The molecule has 0 bridgehead atoms. The van der Waals surface area contributed by atoms with Gasteiger partial charge < -0.3 is 9.64 Å². The molecule has 29 heavy (non-hydrogen) atoms. The average Bonchev–Trinajstić information content (AvgIpc) is 3.00. The van der Waals surface area contributed by atoms with Crippen molar-refractivity contribution in [3.63, 3.8) is 0 Å². The Kier molecular flexibility index (Phi) is 5.17. The summed E-state index contributed by atoms with van der Waals surface area (Å²) in [5, 5.41) is 1.69. The van der Waals surface area contributed by atoms with Crippen LogP contribution in [0.25, 0.3) is 11.1 Å². The zero-order chi connectivity index (χ0) is 20.8. The largest absolute Gasteiger partial charge is 0.496 e. The molecule has 2 nitrogen and oxygen atoms in total. The smallest absolute Gasteiger partial charge is 0.126 e. The highest BCUT2D eigenvalue weighted by Crippen LogP contribution is 2.63. The van der Waals surface area contributed by atoms with E-state index in [2.05, 4.69) is 106 Å². The van der Waals surface area contributed by atoms with Crippen molar-refractivity contribution in [3.8, 4) is 16.9 Å². The van der Waals surface area contributed by atoms with Crippen molar-refractivity contribution in [2.45, 2.75) is 45.6 Å². The number of aryl methyl sites for hydroxylation is 1. The number of anilines is 2. The molecule has 1 heterocycles. The zero-order valence-electron chi connectivity index (χ0n) is 18.2. The first-order valence-electron chi connectivity index (χ1n) is 10.2. The van der Waals surface area contributed by atoms with E-state index < -0.39 is 7.92 Å². The second-order valence-electron chi connectivity index (χ2n) is 8.70. The molecule has 0 saturated carbocycles. The van der Waals surface area contributed by atoms with E-state index in [1.165, 1.54) is 33.4 Å². The van der Waals surface area contributed by atoms with Crippen molar-refractivity contribution in [3.05, 3.63) is 72.3 Å². The lowest BCUT2D eigenvalue weighted by atomic mass is 9.98. The maximum Gasteiger partial charge on any atom is 0.126 e. The van der Waals surface area contributed by atoms with E-state index >= 15 is 0 Å². The Morgan fingerprint density at radius 1 is 0.897 bits per heavy atom. The summed E-state index contributed by atoms with van der Waals surface area (Å²) in [5.41, 5.74) is 6.42. The SMILES string of the molecule is COc1cccc(C)c1-c1cccc2c1P(C(C)(C)C)C(C)N2c1ccccc1. The Labute approximate surface area is 176 Å². The fraction of sp³-hybridized carbons (Fsp3) is 0.308. The number of para-hydroxylation sites is 1. The Morgan fingerprint density at radius 2 is 1.59 bits per heavy atom. The van der Waals surface area contributed by atoms with Gasteiger partial charge in [0.15, 0.2) is 0 Å². The minimum absolute atomic E-state index is 0.194. The van der Waals surface area contributed by atoms with E-state index in [0.29, 0.717) is 5.78 Å². The summed E-state index contributed by atoms with van der Waals surface area (Å²) in [7, 11) is 1.34. The van der Waals surface area contributed by atoms with Gasteiger partial charge in [-0.05, 0) is 62.3 Å². The number of ether oxygens (including phenoxy) is 1. The monoisotopic (exact) mass is 403 g/mol. The quantitative estimate of drug-likeness (QED) is 0.434. The first-order valence-corrected chi connectivity index (χ1v) is 11.7. The molecule has 2 atom stereocenters. The van der Waals surface area contributed by atoms with Gasteiger partial charge in [0, 0.05) is 16.6 Å². The predicted molar refractivity (Wildman–Crippen MR) is 128 cm³/mol. The van der Waals surface area contributed by atoms with E-state index in [1.54, 1.807) is 7.11 Å². The van der Waals surface area contributed by atoms with Crippen LogP contribution in [0, 0.1) is 6.92 Å². The lowest BCUT2D eigenvalue weighted by Gasteiger charge is -2.35. The molecule has 3 heteroatoms. The van der Waals surface area contributed by atoms with Crippen molar-refractivity contribution >= 4 is 24.6 Å². The molecule has 0 spiro atoms. The predicted octanol–water partition coefficient (Wildman–Crippen LogP) is 7.07. The number of hydrogen-bond acceptors (Lipinski definition) is 2.